The van der Waals surface area contributed by atoms with Gasteiger partial charge in [0.15, 0.2) is 5.16 Å². The van der Waals surface area contributed by atoms with Gasteiger partial charge in [0.2, 0.25) is 5.91 Å². The maximum atomic E-state index is 11.9. The van der Waals surface area contributed by atoms with Crippen LogP contribution in [-0.4, -0.2) is 21.6 Å². The van der Waals surface area contributed by atoms with Crippen LogP contribution in [0.1, 0.15) is 11.1 Å². The Hall–Kier alpha value is -2.28. The molecule has 0 saturated heterocycles. The number of nitrogens with zero attached hydrogens (tertiary/aromatic N) is 2. The van der Waals surface area contributed by atoms with E-state index in [1.807, 2.05) is 32.0 Å². The summed E-state index contributed by atoms with van der Waals surface area (Å²) in [4.78, 5) is 20.0. The number of aromatic nitrogens is 2. The number of carbonyl (C=O) groups excluding carboxylic acids is 1. The van der Waals surface area contributed by atoms with Crippen molar-refractivity contribution in [2.45, 2.75) is 19.0 Å². The first-order valence-electron chi connectivity index (χ1n) is 6.34. The number of thioether (sulfide) groups is 1. The number of rotatable bonds is 4. The van der Waals surface area contributed by atoms with Gasteiger partial charge in [0.1, 0.15) is 11.6 Å². The van der Waals surface area contributed by atoms with E-state index in [-0.39, 0.29) is 11.7 Å². The second kappa shape index (κ2) is 6.45. The van der Waals surface area contributed by atoms with E-state index in [1.165, 1.54) is 17.8 Å². The lowest BCUT2D eigenvalue weighted by Gasteiger charge is -2.09. The van der Waals surface area contributed by atoms with Crippen molar-refractivity contribution in [2.75, 3.05) is 22.5 Å². The van der Waals surface area contributed by atoms with Crippen molar-refractivity contribution < 1.29 is 4.79 Å². The first-order chi connectivity index (χ1) is 9.94. The summed E-state index contributed by atoms with van der Waals surface area (Å²) in [5, 5.41) is 3.25. The Morgan fingerprint density at radius 3 is 2.48 bits per heavy atom. The Balaban J connectivity index is 1.95. The summed E-state index contributed by atoms with van der Waals surface area (Å²) in [7, 11) is 0. The molecule has 0 atom stereocenters. The largest absolute Gasteiger partial charge is 0.383 e. The van der Waals surface area contributed by atoms with Crippen LogP contribution in [0, 0.1) is 13.8 Å². The maximum absolute atomic E-state index is 11.9. The van der Waals surface area contributed by atoms with Gasteiger partial charge in [-0.05, 0) is 25.5 Å². The number of benzene rings is 1. The molecule has 0 fully saturated rings. The van der Waals surface area contributed by atoms with Crippen molar-refractivity contribution in [3.63, 3.8) is 0 Å². The average molecular weight is 303 g/mol. The molecule has 0 unspecified atom stereocenters. The summed E-state index contributed by atoms with van der Waals surface area (Å²) in [6.45, 7) is 3.97. The predicted octanol–water partition coefficient (Wildman–Crippen LogP) is 1.99. The lowest BCUT2D eigenvalue weighted by Crippen LogP contribution is -2.15. The zero-order chi connectivity index (χ0) is 15.4. The fraction of sp³-hybridized carbons (Fsp3) is 0.214. The van der Waals surface area contributed by atoms with E-state index in [9.17, 15) is 4.79 Å². The summed E-state index contributed by atoms with van der Waals surface area (Å²) in [5.74, 6) is 0.645. The van der Waals surface area contributed by atoms with Gasteiger partial charge >= 0.3 is 0 Å². The number of carbonyl (C=O) groups is 1. The Morgan fingerprint density at radius 1 is 1.19 bits per heavy atom. The van der Waals surface area contributed by atoms with Gasteiger partial charge in [0, 0.05) is 11.8 Å². The van der Waals surface area contributed by atoms with E-state index in [0.29, 0.717) is 16.8 Å². The molecule has 1 aromatic carbocycles. The van der Waals surface area contributed by atoms with Gasteiger partial charge in [-0.1, -0.05) is 29.5 Å². The van der Waals surface area contributed by atoms with Crippen molar-refractivity contribution >= 4 is 35.0 Å². The smallest absolute Gasteiger partial charge is 0.234 e. The first-order valence-corrected chi connectivity index (χ1v) is 7.32. The van der Waals surface area contributed by atoms with Crippen LogP contribution in [0.3, 0.4) is 0 Å². The van der Waals surface area contributed by atoms with E-state index in [4.69, 9.17) is 11.5 Å². The summed E-state index contributed by atoms with van der Waals surface area (Å²) >= 11 is 1.19. The molecule has 1 heterocycles. The Morgan fingerprint density at radius 2 is 1.86 bits per heavy atom. The average Bonchev–Trinajstić information content (AvgIpc) is 2.39. The molecule has 2 rings (SSSR count). The third kappa shape index (κ3) is 4.35. The molecular weight excluding hydrogens is 286 g/mol. The minimum Gasteiger partial charge on any atom is -0.383 e. The van der Waals surface area contributed by atoms with Crippen LogP contribution in [0.2, 0.25) is 0 Å². The maximum Gasteiger partial charge on any atom is 0.234 e. The number of aryl methyl sites for hydroxylation is 2. The number of nitrogens with one attached hydrogen (secondary N) is 1. The zero-order valence-corrected chi connectivity index (χ0v) is 12.7. The van der Waals surface area contributed by atoms with E-state index in [2.05, 4.69) is 15.3 Å². The van der Waals surface area contributed by atoms with Crippen molar-refractivity contribution in [3.8, 4) is 0 Å². The molecule has 110 valence electrons. The molecule has 0 saturated carbocycles. The van der Waals surface area contributed by atoms with Gasteiger partial charge in [-0.15, -0.1) is 0 Å². The standard InChI is InChI=1S/C14H17N5OS/c1-8-3-4-10(9(2)5-8)17-13(20)7-21-14-18-11(15)6-12(16)19-14/h3-6H,7H2,1-2H3,(H,17,20)(H4,15,16,18,19). The zero-order valence-electron chi connectivity index (χ0n) is 11.9. The molecule has 5 N–H and O–H groups in total. The molecule has 2 aromatic rings. The van der Waals surface area contributed by atoms with Crippen LogP contribution in [0.15, 0.2) is 29.4 Å². The molecule has 0 aliphatic heterocycles. The van der Waals surface area contributed by atoms with Crippen LogP contribution >= 0.6 is 11.8 Å². The van der Waals surface area contributed by atoms with Gasteiger partial charge in [-0.2, -0.15) is 0 Å². The van der Waals surface area contributed by atoms with Crippen molar-refractivity contribution in [1.82, 2.24) is 9.97 Å². The van der Waals surface area contributed by atoms with Crippen molar-refractivity contribution in [1.29, 1.82) is 0 Å². The second-order valence-electron chi connectivity index (χ2n) is 4.66. The molecule has 21 heavy (non-hydrogen) atoms. The fourth-order valence-electron chi connectivity index (χ4n) is 1.80. The summed E-state index contributed by atoms with van der Waals surface area (Å²) < 4.78 is 0. The molecule has 0 bridgehead atoms. The normalized spacial score (nSPS) is 10.4. The van der Waals surface area contributed by atoms with Crippen molar-refractivity contribution in [3.05, 3.63) is 35.4 Å². The SMILES string of the molecule is Cc1ccc(NC(=O)CSc2nc(N)cc(N)n2)c(C)c1. The van der Waals surface area contributed by atoms with Crippen LogP contribution in [0.5, 0.6) is 0 Å². The van der Waals surface area contributed by atoms with E-state index >= 15 is 0 Å². The first kappa shape index (κ1) is 15.1. The predicted molar refractivity (Wildman–Crippen MR) is 86.1 cm³/mol. The highest BCUT2D eigenvalue weighted by molar-refractivity contribution is 7.99. The van der Waals surface area contributed by atoms with E-state index in [1.54, 1.807) is 0 Å². The van der Waals surface area contributed by atoms with E-state index < -0.39 is 0 Å². The number of hydrogen-bond acceptors (Lipinski definition) is 6. The van der Waals surface area contributed by atoms with Crippen LogP contribution in [0.25, 0.3) is 0 Å². The van der Waals surface area contributed by atoms with Gasteiger partial charge in [-0.25, -0.2) is 9.97 Å². The monoisotopic (exact) mass is 303 g/mol. The molecule has 0 radical (unpaired) electrons. The van der Waals surface area contributed by atoms with Crippen LogP contribution in [0.4, 0.5) is 17.3 Å². The Kier molecular flexibility index (Phi) is 4.64. The molecule has 0 aliphatic rings. The van der Waals surface area contributed by atoms with Gasteiger partial charge in [0.05, 0.1) is 5.75 Å². The summed E-state index contributed by atoms with van der Waals surface area (Å²) in [6, 6.07) is 7.34. The summed E-state index contributed by atoms with van der Waals surface area (Å²) in [6.07, 6.45) is 0. The molecule has 0 aliphatic carbocycles. The molecule has 0 spiro atoms. The van der Waals surface area contributed by atoms with Crippen molar-refractivity contribution in [2.24, 2.45) is 0 Å². The Bertz CT molecular complexity index is 654. The molecule has 7 heteroatoms. The third-order valence-electron chi connectivity index (χ3n) is 2.73. The Labute approximate surface area is 127 Å². The highest BCUT2D eigenvalue weighted by atomic mass is 32.2. The van der Waals surface area contributed by atoms with Crippen LogP contribution in [-0.2, 0) is 4.79 Å². The molecule has 1 amide bonds. The molecule has 1 aromatic heterocycles. The highest BCUT2D eigenvalue weighted by Crippen LogP contribution is 2.19. The minimum atomic E-state index is -0.128. The van der Waals surface area contributed by atoms with Gasteiger partial charge in [-0.3, -0.25) is 4.79 Å². The number of amides is 1. The number of nitrogens with two attached hydrogens (primary N) is 2. The highest BCUT2D eigenvalue weighted by Gasteiger charge is 2.08. The number of hydrogen-bond donors (Lipinski definition) is 3. The number of anilines is 3. The third-order valence-corrected chi connectivity index (χ3v) is 3.58. The minimum absolute atomic E-state index is 0.128. The molecular formula is C14H17N5OS. The molecule has 6 nitrogen and oxygen atoms in total. The van der Waals surface area contributed by atoms with E-state index in [0.717, 1.165) is 16.8 Å². The van der Waals surface area contributed by atoms with Gasteiger partial charge in [0.25, 0.3) is 0 Å². The quantitative estimate of drug-likeness (QED) is 0.589. The lowest BCUT2D eigenvalue weighted by molar-refractivity contribution is -0.113. The second-order valence-corrected chi connectivity index (χ2v) is 5.60. The topological polar surface area (TPSA) is 107 Å². The number of nitrogen functional groups attached to an aromatic ring is 2. The summed E-state index contributed by atoms with van der Waals surface area (Å²) in [5.41, 5.74) is 14.1. The van der Waals surface area contributed by atoms with Crippen LogP contribution < -0.4 is 16.8 Å². The fourth-order valence-corrected chi connectivity index (χ4v) is 2.47. The van der Waals surface area contributed by atoms with Gasteiger partial charge < -0.3 is 16.8 Å². The lowest BCUT2D eigenvalue weighted by atomic mass is 10.1.